The molecule has 3 atom stereocenters. The van der Waals surface area contributed by atoms with E-state index in [2.05, 4.69) is 39.0 Å². The topological polar surface area (TPSA) is 35.2 Å². The predicted molar refractivity (Wildman–Crippen MR) is 89.8 cm³/mol. The number of nitrogens with two attached hydrogens (primary N) is 1. The van der Waals surface area contributed by atoms with Crippen molar-refractivity contribution < 1.29 is 4.74 Å². The molecule has 0 spiro atoms. The summed E-state index contributed by atoms with van der Waals surface area (Å²) in [5.74, 6) is 1.90. The quantitative estimate of drug-likeness (QED) is 0.829. The smallest absolute Gasteiger partial charge is 0.122 e. The van der Waals surface area contributed by atoms with E-state index in [9.17, 15) is 0 Å². The maximum atomic E-state index is 6.36. The second kappa shape index (κ2) is 7.84. The van der Waals surface area contributed by atoms with E-state index in [0.717, 1.165) is 24.5 Å². The number of benzene rings is 1. The summed E-state index contributed by atoms with van der Waals surface area (Å²) >= 11 is 0. The van der Waals surface area contributed by atoms with E-state index in [1.807, 2.05) is 0 Å². The van der Waals surface area contributed by atoms with Crippen LogP contribution in [-0.2, 0) is 6.42 Å². The highest BCUT2D eigenvalue weighted by molar-refractivity contribution is 5.37. The van der Waals surface area contributed by atoms with E-state index in [1.54, 1.807) is 0 Å². The minimum absolute atomic E-state index is 0.226. The largest absolute Gasteiger partial charge is 0.490 e. The van der Waals surface area contributed by atoms with Crippen LogP contribution in [0.1, 0.15) is 63.5 Å². The molecule has 1 aliphatic carbocycles. The van der Waals surface area contributed by atoms with Crippen LogP contribution in [0.15, 0.2) is 18.2 Å². The van der Waals surface area contributed by atoms with Gasteiger partial charge in [0.1, 0.15) is 5.75 Å². The fourth-order valence-corrected chi connectivity index (χ4v) is 3.31. The number of hydrogen-bond acceptors (Lipinski definition) is 2. The molecule has 1 aliphatic rings. The monoisotopic (exact) mass is 289 g/mol. The summed E-state index contributed by atoms with van der Waals surface area (Å²) in [4.78, 5) is 0. The summed E-state index contributed by atoms with van der Waals surface area (Å²) in [6, 6.07) is 6.76. The van der Waals surface area contributed by atoms with Crippen LogP contribution in [0.5, 0.6) is 5.75 Å². The third-order valence-corrected chi connectivity index (χ3v) is 4.83. The van der Waals surface area contributed by atoms with Gasteiger partial charge in [0.2, 0.25) is 0 Å². The third kappa shape index (κ3) is 4.74. The van der Waals surface area contributed by atoms with Gasteiger partial charge >= 0.3 is 0 Å². The molecule has 2 nitrogen and oxygen atoms in total. The second-order valence-corrected chi connectivity index (χ2v) is 6.66. The molecule has 2 N–H and O–H groups in total. The van der Waals surface area contributed by atoms with Gasteiger partial charge in [-0.1, -0.05) is 44.4 Å². The molecular weight excluding hydrogens is 258 g/mol. The Morgan fingerprint density at radius 1 is 1.29 bits per heavy atom. The van der Waals surface area contributed by atoms with Crippen molar-refractivity contribution in [2.45, 2.75) is 77.9 Å². The Hall–Kier alpha value is -1.02. The Labute approximate surface area is 130 Å². The van der Waals surface area contributed by atoms with Crippen LogP contribution in [0.4, 0.5) is 0 Å². The lowest BCUT2D eigenvalue weighted by Crippen LogP contribution is -2.26. The van der Waals surface area contributed by atoms with Crippen molar-refractivity contribution in [2.75, 3.05) is 0 Å². The van der Waals surface area contributed by atoms with Gasteiger partial charge in [0.25, 0.3) is 0 Å². The van der Waals surface area contributed by atoms with E-state index in [4.69, 9.17) is 10.5 Å². The first kappa shape index (κ1) is 16.4. The second-order valence-electron chi connectivity index (χ2n) is 6.66. The molecule has 1 aromatic rings. The Morgan fingerprint density at radius 3 is 2.81 bits per heavy atom. The molecule has 0 aliphatic heterocycles. The lowest BCUT2D eigenvalue weighted by atomic mass is 9.85. The van der Waals surface area contributed by atoms with Gasteiger partial charge in [-0.15, -0.1) is 0 Å². The Bertz CT molecular complexity index is 443. The minimum atomic E-state index is 0.226. The summed E-state index contributed by atoms with van der Waals surface area (Å²) in [6.07, 6.45) is 8.68. The first-order valence-corrected chi connectivity index (χ1v) is 8.64. The zero-order valence-electron chi connectivity index (χ0n) is 13.9. The van der Waals surface area contributed by atoms with Gasteiger partial charge in [-0.25, -0.2) is 0 Å². The van der Waals surface area contributed by atoms with Gasteiger partial charge in [0.15, 0.2) is 0 Å². The minimum Gasteiger partial charge on any atom is -0.490 e. The van der Waals surface area contributed by atoms with Crippen LogP contribution in [0.3, 0.4) is 0 Å². The molecular formula is C19H31NO. The summed E-state index contributed by atoms with van der Waals surface area (Å²) in [5.41, 5.74) is 8.71. The molecule has 0 radical (unpaired) electrons. The first-order valence-electron chi connectivity index (χ1n) is 8.64. The van der Waals surface area contributed by atoms with Gasteiger partial charge in [0.05, 0.1) is 6.10 Å². The van der Waals surface area contributed by atoms with Gasteiger partial charge in [-0.05, 0) is 56.6 Å². The van der Waals surface area contributed by atoms with Crippen molar-refractivity contribution in [1.29, 1.82) is 0 Å². The molecule has 21 heavy (non-hydrogen) atoms. The maximum Gasteiger partial charge on any atom is 0.122 e. The molecule has 118 valence electrons. The first-order chi connectivity index (χ1) is 10.1. The van der Waals surface area contributed by atoms with E-state index >= 15 is 0 Å². The number of rotatable bonds is 6. The SMILES string of the molecule is CCC(N)Cc1cc(C)ccc1OC1CCCC(CC)C1. The summed E-state index contributed by atoms with van der Waals surface area (Å²) in [7, 11) is 0. The van der Waals surface area contributed by atoms with Gasteiger partial charge in [-0.3, -0.25) is 0 Å². The Balaban J connectivity index is 2.07. The van der Waals surface area contributed by atoms with Crippen LogP contribution >= 0.6 is 0 Å². The molecule has 0 bridgehead atoms. The van der Waals surface area contributed by atoms with Gasteiger partial charge in [-0.2, -0.15) is 0 Å². The van der Waals surface area contributed by atoms with E-state index in [1.165, 1.54) is 43.2 Å². The van der Waals surface area contributed by atoms with Crippen LogP contribution in [-0.4, -0.2) is 12.1 Å². The third-order valence-electron chi connectivity index (χ3n) is 4.83. The molecule has 1 saturated carbocycles. The zero-order valence-corrected chi connectivity index (χ0v) is 13.9. The van der Waals surface area contributed by atoms with Crippen molar-refractivity contribution in [3.05, 3.63) is 29.3 Å². The van der Waals surface area contributed by atoms with Gasteiger partial charge in [0, 0.05) is 6.04 Å². The highest BCUT2D eigenvalue weighted by Gasteiger charge is 2.23. The van der Waals surface area contributed by atoms with Crippen LogP contribution in [0.25, 0.3) is 0 Å². The van der Waals surface area contributed by atoms with Crippen molar-refractivity contribution in [3.63, 3.8) is 0 Å². The summed E-state index contributed by atoms with van der Waals surface area (Å²) in [6.45, 7) is 6.58. The molecule has 2 heteroatoms. The number of aryl methyl sites for hydroxylation is 1. The highest BCUT2D eigenvalue weighted by atomic mass is 16.5. The maximum absolute atomic E-state index is 6.36. The lowest BCUT2D eigenvalue weighted by Gasteiger charge is -2.30. The van der Waals surface area contributed by atoms with Crippen molar-refractivity contribution in [3.8, 4) is 5.75 Å². The van der Waals surface area contributed by atoms with Crippen molar-refractivity contribution >= 4 is 0 Å². The average Bonchev–Trinajstić information content (AvgIpc) is 2.50. The van der Waals surface area contributed by atoms with Crippen molar-refractivity contribution in [1.82, 2.24) is 0 Å². The highest BCUT2D eigenvalue weighted by Crippen LogP contribution is 2.31. The summed E-state index contributed by atoms with van der Waals surface area (Å²) < 4.78 is 6.36. The normalized spacial score (nSPS) is 23.8. The summed E-state index contributed by atoms with van der Waals surface area (Å²) in [5, 5.41) is 0. The van der Waals surface area contributed by atoms with Crippen LogP contribution in [0.2, 0.25) is 0 Å². The average molecular weight is 289 g/mol. The Morgan fingerprint density at radius 2 is 2.10 bits per heavy atom. The molecule has 0 amide bonds. The molecule has 3 unspecified atom stereocenters. The molecule has 0 saturated heterocycles. The standard InChI is InChI=1S/C19H31NO/c1-4-15-7-6-8-18(12-15)21-19-10-9-14(3)11-16(19)13-17(20)5-2/h9-11,15,17-18H,4-8,12-13,20H2,1-3H3. The zero-order chi connectivity index (χ0) is 15.2. The molecule has 2 rings (SSSR count). The van der Waals surface area contributed by atoms with E-state index in [0.29, 0.717) is 6.10 Å². The number of ether oxygens (including phenoxy) is 1. The van der Waals surface area contributed by atoms with Gasteiger partial charge < -0.3 is 10.5 Å². The van der Waals surface area contributed by atoms with E-state index in [-0.39, 0.29) is 6.04 Å². The fourth-order valence-electron chi connectivity index (χ4n) is 3.31. The lowest BCUT2D eigenvalue weighted by molar-refractivity contribution is 0.121. The molecule has 1 aromatic carbocycles. The van der Waals surface area contributed by atoms with Crippen LogP contribution in [0, 0.1) is 12.8 Å². The predicted octanol–water partition coefficient (Wildman–Crippen LogP) is 4.62. The molecule has 0 heterocycles. The number of hydrogen-bond donors (Lipinski definition) is 1. The fraction of sp³-hybridized carbons (Fsp3) is 0.684. The Kier molecular flexibility index (Phi) is 6.10. The molecule has 1 fully saturated rings. The molecule has 0 aromatic heterocycles. The van der Waals surface area contributed by atoms with Crippen molar-refractivity contribution in [2.24, 2.45) is 11.7 Å². The van der Waals surface area contributed by atoms with Crippen LogP contribution < -0.4 is 10.5 Å². The van der Waals surface area contributed by atoms with E-state index < -0.39 is 0 Å².